The molecule has 82 valence electrons. The van der Waals surface area contributed by atoms with Crippen LogP contribution in [0.15, 0.2) is 12.4 Å². The van der Waals surface area contributed by atoms with E-state index in [0.29, 0.717) is 13.1 Å². The summed E-state index contributed by atoms with van der Waals surface area (Å²) in [6, 6.07) is 0. The fraction of sp³-hybridized carbons (Fsp3) is 0.600. The Morgan fingerprint density at radius 2 is 2.47 bits per heavy atom. The second-order valence-corrected chi connectivity index (χ2v) is 4.06. The third kappa shape index (κ3) is 1.87. The molecule has 1 saturated carbocycles. The number of hydrogen-bond donors (Lipinski definition) is 3. The van der Waals surface area contributed by atoms with Gasteiger partial charge in [0, 0.05) is 18.9 Å². The van der Waals surface area contributed by atoms with Gasteiger partial charge in [0.1, 0.15) is 5.82 Å². The van der Waals surface area contributed by atoms with Gasteiger partial charge in [-0.15, -0.1) is 0 Å². The average molecular weight is 208 g/mol. The minimum absolute atomic E-state index is 0.0626. The number of amides is 1. The molecule has 0 atom stereocenters. The maximum Gasteiger partial charge on any atom is 0.227 e. The molecule has 0 spiro atoms. The number of aromatic amines is 1. The molecule has 1 heterocycles. The lowest BCUT2D eigenvalue weighted by molar-refractivity contribution is -0.135. The van der Waals surface area contributed by atoms with Crippen molar-refractivity contribution in [2.24, 2.45) is 11.1 Å². The van der Waals surface area contributed by atoms with E-state index < -0.39 is 0 Å². The Bertz CT molecular complexity index is 324. The zero-order valence-corrected chi connectivity index (χ0v) is 8.62. The van der Waals surface area contributed by atoms with Gasteiger partial charge in [0.15, 0.2) is 0 Å². The molecule has 1 aliphatic carbocycles. The number of carbonyl (C=O) groups excluding carboxylic acids is 1. The smallest absolute Gasteiger partial charge is 0.227 e. The molecule has 0 aromatic carbocycles. The van der Waals surface area contributed by atoms with Crippen molar-refractivity contribution in [3.8, 4) is 0 Å². The standard InChI is InChI=1S/C10H16N4O/c11-7-10(2-1-3-10)9(15)14-6-8-12-4-5-13-8/h4-5H,1-3,6-7,11H2,(H,12,13)(H,14,15). The molecule has 1 aliphatic rings. The van der Waals surface area contributed by atoms with Crippen LogP contribution in [0.1, 0.15) is 25.1 Å². The molecular weight excluding hydrogens is 192 g/mol. The maximum atomic E-state index is 11.8. The van der Waals surface area contributed by atoms with Crippen LogP contribution in [0.25, 0.3) is 0 Å². The topological polar surface area (TPSA) is 83.8 Å². The number of nitrogens with one attached hydrogen (secondary N) is 2. The van der Waals surface area contributed by atoms with E-state index in [9.17, 15) is 4.79 Å². The van der Waals surface area contributed by atoms with Crippen molar-refractivity contribution in [3.05, 3.63) is 18.2 Å². The van der Waals surface area contributed by atoms with E-state index in [1.807, 2.05) is 0 Å². The molecule has 5 heteroatoms. The van der Waals surface area contributed by atoms with Crippen LogP contribution >= 0.6 is 0 Å². The molecular formula is C10H16N4O. The number of nitrogens with zero attached hydrogens (tertiary/aromatic N) is 1. The number of aromatic nitrogens is 2. The van der Waals surface area contributed by atoms with Gasteiger partial charge in [0.05, 0.1) is 12.0 Å². The van der Waals surface area contributed by atoms with Crippen molar-refractivity contribution in [2.75, 3.05) is 6.54 Å². The Balaban J connectivity index is 1.87. The third-order valence-corrected chi connectivity index (χ3v) is 3.15. The molecule has 0 radical (unpaired) electrons. The van der Waals surface area contributed by atoms with Crippen LogP contribution in [-0.4, -0.2) is 22.4 Å². The molecule has 1 amide bonds. The first-order chi connectivity index (χ1) is 7.27. The molecule has 0 bridgehead atoms. The molecule has 0 unspecified atom stereocenters. The van der Waals surface area contributed by atoms with Crippen molar-refractivity contribution in [1.82, 2.24) is 15.3 Å². The SMILES string of the molecule is NCC1(C(=O)NCc2ncc[nH]2)CCC1. The number of rotatable bonds is 4. The highest BCUT2D eigenvalue weighted by molar-refractivity contribution is 5.83. The summed E-state index contributed by atoms with van der Waals surface area (Å²) in [4.78, 5) is 18.8. The average Bonchev–Trinajstić information content (AvgIpc) is 2.66. The molecule has 2 rings (SSSR count). The highest BCUT2D eigenvalue weighted by atomic mass is 16.2. The van der Waals surface area contributed by atoms with E-state index in [0.717, 1.165) is 25.1 Å². The van der Waals surface area contributed by atoms with Crippen LogP contribution in [0.4, 0.5) is 0 Å². The summed E-state index contributed by atoms with van der Waals surface area (Å²) >= 11 is 0. The number of H-pyrrole nitrogens is 1. The lowest BCUT2D eigenvalue weighted by Gasteiger charge is -2.38. The maximum absolute atomic E-state index is 11.8. The van der Waals surface area contributed by atoms with Crippen molar-refractivity contribution in [3.63, 3.8) is 0 Å². The van der Waals surface area contributed by atoms with Crippen LogP contribution in [0, 0.1) is 5.41 Å². The van der Waals surface area contributed by atoms with Gasteiger partial charge in [-0.1, -0.05) is 6.42 Å². The molecule has 4 N–H and O–H groups in total. The van der Waals surface area contributed by atoms with E-state index in [1.54, 1.807) is 12.4 Å². The first-order valence-corrected chi connectivity index (χ1v) is 5.23. The van der Waals surface area contributed by atoms with Crippen LogP contribution in [0.3, 0.4) is 0 Å². The molecule has 1 aromatic heterocycles. The zero-order valence-electron chi connectivity index (χ0n) is 8.62. The highest BCUT2D eigenvalue weighted by Crippen LogP contribution is 2.39. The van der Waals surface area contributed by atoms with E-state index in [2.05, 4.69) is 15.3 Å². The van der Waals surface area contributed by atoms with Gasteiger partial charge in [-0.2, -0.15) is 0 Å². The second kappa shape index (κ2) is 4.02. The Hall–Kier alpha value is -1.36. The minimum Gasteiger partial charge on any atom is -0.348 e. The first-order valence-electron chi connectivity index (χ1n) is 5.23. The molecule has 5 nitrogen and oxygen atoms in total. The van der Waals surface area contributed by atoms with Gasteiger partial charge >= 0.3 is 0 Å². The number of nitrogens with two attached hydrogens (primary N) is 1. The Kier molecular flexibility index (Phi) is 2.73. The highest BCUT2D eigenvalue weighted by Gasteiger charge is 2.42. The predicted octanol–water partition coefficient (Wildman–Crippen LogP) is 0.155. The number of imidazole rings is 1. The quantitative estimate of drug-likeness (QED) is 0.658. The van der Waals surface area contributed by atoms with Crippen LogP contribution in [0.2, 0.25) is 0 Å². The summed E-state index contributed by atoms with van der Waals surface area (Å²) in [5.74, 6) is 0.836. The normalized spacial score (nSPS) is 18.2. The summed E-state index contributed by atoms with van der Waals surface area (Å²) < 4.78 is 0. The van der Waals surface area contributed by atoms with Crippen LogP contribution in [0.5, 0.6) is 0 Å². The molecule has 15 heavy (non-hydrogen) atoms. The van der Waals surface area contributed by atoms with Crippen molar-refractivity contribution >= 4 is 5.91 Å². The third-order valence-electron chi connectivity index (χ3n) is 3.15. The Morgan fingerprint density at radius 3 is 2.93 bits per heavy atom. The summed E-state index contributed by atoms with van der Waals surface area (Å²) in [5, 5.41) is 2.87. The van der Waals surface area contributed by atoms with Gasteiger partial charge in [0.2, 0.25) is 5.91 Å². The summed E-state index contributed by atoms with van der Waals surface area (Å²) in [6.45, 7) is 0.893. The Morgan fingerprint density at radius 1 is 1.67 bits per heavy atom. The van der Waals surface area contributed by atoms with Crippen LogP contribution < -0.4 is 11.1 Å². The molecule has 0 saturated heterocycles. The summed E-state index contributed by atoms with van der Waals surface area (Å²) in [5.41, 5.74) is 5.34. The van der Waals surface area contributed by atoms with Gasteiger partial charge in [-0.05, 0) is 12.8 Å². The monoisotopic (exact) mass is 208 g/mol. The van der Waals surface area contributed by atoms with E-state index in [1.165, 1.54) is 0 Å². The predicted molar refractivity (Wildman–Crippen MR) is 55.8 cm³/mol. The van der Waals surface area contributed by atoms with Crippen molar-refractivity contribution in [1.29, 1.82) is 0 Å². The van der Waals surface area contributed by atoms with Gasteiger partial charge in [-0.3, -0.25) is 4.79 Å². The van der Waals surface area contributed by atoms with Crippen molar-refractivity contribution in [2.45, 2.75) is 25.8 Å². The lowest BCUT2D eigenvalue weighted by Crippen LogP contribution is -2.50. The number of carbonyl (C=O) groups is 1. The molecule has 1 fully saturated rings. The van der Waals surface area contributed by atoms with E-state index >= 15 is 0 Å². The summed E-state index contributed by atoms with van der Waals surface area (Å²) in [7, 11) is 0. The fourth-order valence-electron chi connectivity index (χ4n) is 1.87. The first kappa shape index (κ1) is 10.2. The molecule has 1 aromatic rings. The second-order valence-electron chi connectivity index (χ2n) is 4.06. The van der Waals surface area contributed by atoms with E-state index in [4.69, 9.17) is 5.73 Å². The number of hydrogen-bond acceptors (Lipinski definition) is 3. The van der Waals surface area contributed by atoms with Crippen molar-refractivity contribution < 1.29 is 4.79 Å². The largest absolute Gasteiger partial charge is 0.348 e. The van der Waals surface area contributed by atoms with Gasteiger partial charge < -0.3 is 16.0 Å². The zero-order chi connectivity index (χ0) is 10.7. The van der Waals surface area contributed by atoms with Gasteiger partial charge in [0.25, 0.3) is 0 Å². The summed E-state index contributed by atoms with van der Waals surface area (Å²) in [6.07, 6.45) is 6.33. The fourth-order valence-corrected chi connectivity index (χ4v) is 1.87. The Labute approximate surface area is 88.5 Å². The lowest BCUT2D eigenvalue weighted by atomic mass is 9.68. The minimum atomic E-state index is -0.299. The molecule has 0 aliphatic heterocycles. The van der Waals surface area contributed by atoms with Gasteiger partial charge in [-0.25, -0.2) is 4.98 Å². The van der Waals surface area contributed by atoms with E-state index in [-0.39, 0.29) is 11.3 Å². The van der Waals surface area contributed by atoms with Crippen LogP contribution in [-0.2, 0) is 11.3 Å².